The Morgan fingerprint density at radius 2 is 1.57 bits per heavy atom. The van der Waals surface area contributed by atoms with Gasteiger partial charge in [0, 0.05) is 11.3 Å². The van der Waals surface area contributed by atoms with Crippen molar-refractivity contribution in [2.75, 3.05) is 26.9 Å². The molecule has 0 unspecified atom stereocenters. The van der Waals surface area contributed by atoms with Crippen LogP contribution in [-0.2, 0) is 18.5 Å². The number of thioether (sulfide) groups is 1. The van der Waals surface area contributed by atoms with E-state index in [-0.39, 0.29) is 12.3 Å². The lowest BCUT2D eigenvalue weighted by molar-refractivity contribution is -0.137. The monoisotopic (exact) mass is 630 g/mol. The number of hydrogen-bond donors (Lipinski definition) is 1. The summed E-state index contributed by atoms with van der Waals surface area (Å²) in [6, 6.07) is 15.5. The lowest BCUT2D eigenvalue weighted by atomic mass is 10.1. The number of nitrogens with zero attached hydrogens (tertiary/aromatic N) is 3. The molecule has 234 valence electrons. The molecule has 0 radical (unpaired) electrons. The highest BCUT2D eigenvalue weighted by Crippen LogP contribution is 2.39. The number of benzene rings is 3. The molecule has 1 N–H and O–H groups in total. The number of methoxy groups -OCH3 is 1. The van der Waals surface area contributed by atoms with Crippen molar-refractivity contribution in [3.05, 3.63) is 83.2 Å². The van der Waals surface area contributed by atoms with Crippen molar-refractivity contribution in [1.29, 1.82) is 0 Å². The molecule has 0 aliphatic rings. The van der Waals surface area contributed by atoms with Crippen LogP contribution in [0.3, 0.4) is 0 Å². The molecule has 9 nitrogen and oxygen atoms in total. The van der Waals surface area contributed by atoms with Crippen LogP contribution in [0.25, 0.3) is 5.69 Å². The molecule has 0 aliphatic carbocycles. The van der Waals surface area contributed by atoms with E-state index >= 15 is 0 Å². The Kier molecular flexibility index (Phi) is 11.0. The summed E-state index contributed by atoms with van der Waals surface area (Å²) in [5.41, 5.74) is 0.649. The summed E-state index contributed by atoms with van der Waals surface area (Å²) < 4.78 is 64.2. The van der Waals surface area contributed by atoms with Crippen molar-refractivity contribution in [3.63, 3.8) is 0 Å². The fourth-order valence-corrected chi connectivity index (χ4v) is 5.24. The molecule has 0 spiro atoms. The maximum atomic E-state index is 13.4. The molecule has 1 aromatic heterocycles. The number of nitrogens with one attached hydrogen (secondary N) is 1. The highest BCUT2D eigenvalue weighted by atomic mass is 32.2. The molecule has 3 aromatic carbocycles. The number of carbonyl (C=O) groups excluding carboxylic acids is 1. The highest BCUT2D eigenvalue weighted by Gasteiger charge is 2.30. The average Bonchev–Trinajstić information content (AvgIpc) is 3.42. The molecule has 1 amide bonds. The number of aromatic nitrogens is 3. The number of amides is 1. The molecular weight excluding hydrogens is 597 g/mol. The van der Waals surface area contributed by atoms with Crippen LogP contribution in [0.4, 0.5) is 13.2 Å². The van der Waals surface area contributed by atoms with Crippen molar-refractivity contribution < 1.29 is 36.9 Å². The summed E-state index contributed by atoms with van der Waals surface area (Å²) >= 11 is 1.21. The van der Waals surface area contributed by atoms with Gasteiger partial charge in [0.25, 0.3) is 5.91 Å². The summed E-state index contributed by atoms with van der Waals surface area (Å²) in [6.07, 6.45) is -4.44. The third-order valence-corrected chi connectivity index (χ3v) is 7.23. The number of para-hydroxylation sites is 2. The Hall–Kier alpha value is -4.39. The fourth-order valence-electron chi connectivity index (χ4n) is 4.33. The first-order chi connectivity index (χ1) is 21.2. The molecule has 1 heterocycles. The van der Waals surface area contributed by atoms with Gasteiger partial charge >= 0.3 is 6.18 Å². The van der Waals surface area contributed by atoms with Gasteiger partial charge in [-0.15, -0.1) is 10.2 Å². The zero-order chi connectivity index (χ0) is 31.7. The molecule has 4 rings (SSSR count). The van der Waals surface area contributed by atoms with Gasteiger partial charge in [0.1, 0.15) is 5.75 Å². The van der Waals surface area contributed by atoms with Gasteiger partial charge in [-0.3, -0.25) is 9.36 Å². The summed E-state index contributed by atoms with van der Waals surface area (Å²) in [7, 11) is 1.53. The molecule has 0 aliphatic heterocycles. The summed E-state index contributed by atoms with van der Waals surface area (Å²) in [4.78, 5) is 13.4. The van der Waals surface area contributed by atoms with E-state index in [2.05, 4.69) is 15.5 Å². The van der Waals surface area contributed by atoms with Crippen molar-refractivity contribution >= 4 is 17.7 Å². The van der Waals surface area contributed by atoms with E-state index in [0.29, 0.717) is 70.6 Å². The van der Waals surface area contributed by atoms with E-state index in [0.717, 1.165) is 12.1 Å². The maximum Gasteiger partial charge on any atom is 0.416 e. The average molecular weight is 631 g/mol. The van der Waals surface area contributed by atoms with Crippen LogP contribution >= 0.6 is 11.8 Å². The molecular formula is C31H33F3N4O5S. The lowest BCUT2D eigenvalue weighted by Gasteiger charge is -2.17. The van der Waals surface area contributed by atoms with E-state index in [4.69, 9.17) is 18.9 Å². The van der Waals surface area contributed by atoms with Crippen LogP contribution in [0, 0.1) is 0 Å². The lowest BCUT2D eigenvalue weighted by Crippen LogP contribution is -2.25. The molecule has 0 bridgehead atoms. The van der Waals surface area contributed by atoms with Gasteiger partial charge in [-0.25, -0.2) is 0 Å². The van der Waals surface area contributed by atoms with Crippen molar-refractivity contribution in [2.24, 2.45) is 0 Å². The van der Waals surface area contributed by atoms with E-state index in [1.807, 2.05) is 26.8 Å². The molecule has 4 aromatic rings. The van der Waals surface area contributed by atoms with E-state index in [1.54, 1.807) is 41.0 Å². The van der Waals surface area contributed by atoms with Crippen molar-refractivity contribution in [2.45, 2.75) is 44.4 Å². The Morgan fingerprint density at radius 1 is 0.886 bits per heavy atom. The molecule has 13 heteroatoms. The van der Waals surface area contributed by atoms with Crippen LogP contribution in [-0.4, -0.2) is 47.6 Å². The van der Waals surface area contributed by atoms with E-state index in [1.165, 1.54) is 24.9 Å². The SMILES string of the molecule is CCOc1cc(C(=O)NCc2nnc(SCc3cccc(C(F)(F)F)c3)n2-c2ccccc2OC)cc(OCC)c1OCC. The predicted octanol–water partition coefficient (Wildman–Crippen LogP) is 6.71. The minimum Gasteiger partial charge on any atom is -0.495 e. The Bertz CT molecular complexity index is 1550. The first-order valence-electron chi connectivity index (χ1n) is 13.9. The zero-order valence-corrected chi connectivity index (χ0v) is 25.6. The number of ether oxygens (including phenoxy) is 4. The predicted molar refractivity (Wildman–Crippen MR) is 160 cm³/mol. The number of carbonyl (C=O) groups is 1. The standard InChI is InChI=1S/C31H33F3N4O5S/c1-5-41-25-16-21(17-26(42-6-2)28(25)43-7-3)29(39)35-18-27-36-37-30(38(27)23-13-8-9-14-24(23)40-4)44-19-20-11-10-12-22(15-20)31(32,33)34/h8-17H,5-7,18-19H2,1-4H3,(H,35,39). The Labute approximate surface area is 257 Å². The molecule has 0 saturated carbocycles. The minimum absolute atomic E-state index is 0.0187. The second kappa shape index (κ2) is 14.9. The Morgan fingerprint density at radius 3 is 2.20 bits per heavy atom. The molecule has 0 fully saturated rings. The number of halogens is 3. The number of hydrogen-bond acceptors (Lipinski definition) is 8. The van der Waals surface area contributed by atoms with Gasteiger partial charge in [-0.05, 0) is 56.7 Å². The van der Waals surface area contributed by atoms with E-state index in [9.17, 15) is 18.0 Å². The van der Waals surface area contributed by atoms with Gasteiger partial charge in [-0.2, -0.15) is 13.2 Å². The van der Waals surface area contributed by atoms with Gasteiger partial charge in [-0.1, -0.05) is 42.1 Å². The summed E-state index contributed by atoms with van der Waals surface area (Å²) in [6.45, 7) is 6.59. The van der Waals surface area contributed by atoms with Crippen LogP contribution in [0.1, 0.15) is 48.1 Å². The second-order valence-electron chi connectivity index (χ2n) is 9.18. The van der Waals surface area contributed by atoms with Crippen LogP contribution < -0.4 is 24.3 Å². The van der Waals surface area contributed by atoms with Crippen molar-refractivity contribution in [1.82, 2.24) is 20.1 Å². The van der Waals surface area contributed by atoms with E-state index < -0.39 is 17.6 Å². The highest BCUT2D eigenvalue weighted by molar-refractivity contribution is 7.98. The minimum atomic E-state index is -4.44. The third-order valence-electron chi connectivity index (χ3n) is 6.23. The Balaban J connectivity index is 1.63. The topological polar surface area (TPSA) is 96.7 Å². The first-order valence-corrected chi connectivity index (χ1v) is 14.9. The molecule has 44 heavy (non-hydrogen) atoms. The number of rotatable bonds is 14. The first kappa shape index (κ1) is 32.5. The summed E-state index contributed by atoms with van der Waals surface area (Å²) in [5, 5.41) is 11.9. The molecule has 0 atom stereocenters. The zero-order valence-electron chi connectivity index (χ0n) is 24.7. The largest absolute Gasteiger partial charge is 0.495 e. The third kappa shape index (κ3) is 7.76. The number of alkyl halides is 3. The second-order valence-corrected chi connectivity index (χ2v) is 10.1. The summed E-state index contributed by atoms with van der Waals surface area (Å²) in [5.74, 6) is 1.89. The van der Waals surface area contributed by atoms with Gasteiger partial charge in [0.2, 0.25) is 5.75 Å². The van der Waals surface area contributed by atoms with Crippen LogP contribution in [0.15, 0.2) is 65.8 Å². The smallest absolute Gasteiger partial charge is 0.416 e. The normalized spacial score (nSPS) is 11.2. The van der Waals surface area contributed by atoms with Gasteiger partial charge < -0.3 is 24.3 Å². The van der Waals surface area contributed by atoms with Gasteiger partial charge in [0.05, 0.1) is 44.7 Å². The fraction of sp³-hybridized carbons (Fsp3) is 0.323. The van der Waals surface area contributed by atoms with Crippen molar-refractivity contribution in [3.8, 4) is 28.7 Å². The quantitative estimate of drug-likeness (QED) is 0.154. The molecule has 0 saturated heterocycles. The van der Waals surface area contributed by atoms with Gasteiger partial charge in [0.15, 0.2) is 22.5 Å². The maximum absolute atomic E-state index is 13.4. The van der Waals surface area contributed by atoms with Crippen LogP contribution in [0.5, 0.6) is 23.0 Å². The van der Waals surface area contributed by atoms with Crippen LogP contribution in [0.2, 0.25) is 0 Å².